The molecule has 0 N–H and O–H groups in total. The summed E-state index contributed by atoms with van der Waals surface area (Å²) in [4.78, 5) is 14.8. The summed E-state index contributed by atoms with van der Waals surface area (Å²) in [6, 6.07) is 4.81. The fraction of sp³-hybridized carbons (Fsp3) is 0.500. The van der Waals surface area contributed by atoms with E-state index in [9.17, 15) is 10.1 Å². The van der Waals surface area contributed by atoms with Crippen molar-refractivity contribution in [3.8, 4) is 0 Å². The summed E-state index contributed by atoms with van der Waals surface area (Å²) in [7, 11) is 0. The molecule has 5 heteroatoms. The number of nitro groups is 1. The summed E-state index contributed by atoms with van der Waals surface area (Å²) < 4.78 is 5.65. The van der Waals surface area contributed by atoms with Crippen LogP contribution in [0.5, 0.6) is 0 Å². The zero-order chi connectivity index (χ0) is 14.6. The first kappa shape index (κ1) is 15.1. The second kappa shape index (κ2) is 6.31. The lowest BCUT2D eigenvalue weighted by Gasteiger charge is -2.15. The summed E-state index contributed by atoms with van der Waals surface area (Å²) in [5, 5.41) is 10.8. The number of nitrogens with zero attached hydrogens (tertiary/aromatic N) is 2. The number of aliphatic imine (C=N–C) groups is 1. The van der Waals surface area contributed by atoms with Gasteiger partial charge in [-0.05, 0) is 32.9 Å². The quantitative estimate of drug-likeness (QED) is 0.357. The maximum Gasteiger partial charge on any atom is 0.272 e. The third-order valence-corrected chi connectivity index (χ3v) is 2.47. The molecule has 1 rings (SSSR count). The Morgan fingerprint density at radius 2 is 1.95 bits per heavy atom. The number of ether oxygens (including phenoxy) is 1. The largest absolute Gasteiger partial charge is 0.478 e. The Kier molecular flexibility index (Phi) is 5.03. The highest BCUT2D eigenvalue weighted by molar-refractivity contribution is 5.81. The van der Waals surface area contributed by atoms with Gasteiger partial charge < -0.3 is 4.74 Å². The first-order valence-electron chi connectivity index (χ1n) is 6.31. The van der Waals surface area contributed by atoms with E-state index >= 15 is 0 Å². The number of hydrogen-bond acceptors (Lipinski definition) is 4. The molecule has 104 valence electrons. The fourth-order valence-corrected chi connectivity index (χ4v) is 1.57. The lowest BCUT2D eigenvalue weighted by atomic mass is 10.1. The van der Waals surface area contributed by atoms with Crippen LogP contribution in [0, 0.1) is 23.0 Å². The first-order chi connectivity index (χ1) is 8.81. The Morgan fingerprint density at radius 3 is 2.37 bits per heavy atom. The zero-order valence-electron chi connectivity index (χ0n) is 12.0. The van der Waals surface area contributed by atoms with Crippen molar-refractivity contribution in [2.45, 2.75) is 40.7 Å². The van der Waals surface area contributed by atoms with E-state index in [2.05, 4.69) is 4.99 Å². The van der Waals surface area contributed by atoms with Gasteiger partial charge in [0.2, 0.25) is 0 Å². The summed E-state index contributed by atoms with van der Waals surface area (Å²) >= 11 is 0. The van der Waals surface area contributed by atoms with E-state index in [1.54, 1.807) is 19.1 Å². The van der Waals surface area contributed by atoms with Gasteiger partial charge >= 0.3 is 0 Å². The monoisotopic (exact) mass is 264 g/mol. The number of rotatable bonds is 4. The normalized spacial score (nSPS) is 12.1. The van der Waals surface area contributed by atoms with E-state index in [1.807, 2.05) is 27.7 Å². The van der Waals surface area contributed by atoms with E-state index in [1.165, 1.54) is 6.07 Å². The van der Waals surface area contributed by atoms with Crippen LogP contribution < -0.4 is 0 Å². The fourth-order valence-electron chi connectivity index (χ4n) is 1.57. The van der Waals surface area contributed by atoms with Gasteiger partial charge in [0.15, 0.2) is 5.90 Å². The van der Waals surface area contributed by atoms with Gasteiger partial charge in [-0.15, -0.1) is 0 Å². The van der Waals surface area contributed by atoms with Crippen LogP contribution in [0.2, 0.25) is 0 Å². The predicted octanol–water partition coefficient (Wildman–Crippen LogP) is 4.01. The van der Waals surface area contributed by atoms with Crippen LogP contribution in [0.3, 0.4) is 0 Å². The summed E-state index contributed by atoms with van der Waals surface area (Å²) in [5.74, 6) is 0.807. The maximum atomic E-state index is 10.8. The SMILES string of the molecule is Cc1cc(N=C(OC(C)C)C(C)C)ccc1[N+](=O)[O-]. The molecule has 0 radical (unpaired) electrons. The second-order valence-electron chi connectivity index (χ2n) is 5.00. The molecule has 0 bridgehead atoms. The topological polar surface area (TPSA) is 64.7 Å². The summed E-state index contributed by atoms with van der Waals surface area (Å²) in [6.45, 7) is 9.59. The van der Waals surface area contributed by atoms with Crippen molar-refractivity contribution in [2.75, 3.05) is 0 Å². The summed E-state index contributed by atoms with van der Waals surface area (Å²) in [5.41, 5.74) is 1.38. The molecule has 0 saturated heterocycles. The Hall–Kier alpha value is -1.91. The molecule has 5 nitrogen and oxygen atoms in total. The van der Waals surface area contributed by atoms with E-state index in [-0.39, 0.29) is 17.7 Å². The molecular weight excluding hydrogens is 244 g/mol. The molecule has 0 unspecified atom stereocenters. The van der Waals surface area contributed by atoms with Crippen LogP contribution in [0.15, 0.2) is 23.2 Å². The predicted molar refractivity (Wildman–Crippen MR) is 76.0 cm³/mol. The molecule has 0 fully saturated rings. The van der Waals surface area contributed by atoms with Crippen LogP contribution in [0.1, 0.15) is 33.3 Å². The lowest BCUT2D eigenvalue weighted by Crippen LogP contribution is -2.16. The molecule has 0 aliphatic rings. The van der Waals surface area contributed by atoms with E-state index in [0.717, 1.165) is 0 Å². The highest BCUT2D eigenvalue weighted by atomic mass is 16.6. The molecule has 0 aliphatic carbocycles. The van der Waals surface area contributed by atoms with Gasteiger partial charge in [0, 0.05) is 17.5 Å². The van der Waals surface area contributed by atoms with Crippen LogP contribution in [-0.4, -0.2) is 16.9 Å². The van der Waals surface area contributed by atoms with Crippen molar-refractivity contribution < 1.29 is 9.66 Å². The molecule has 0 spiro atoms. The zero-order valence-corrected chi connectivity index (χ0v) is 12.0. The minimum atomic E-state index is -0.392. The molecule has 0 aliphatic heterocycles. The van der Waals surface area contributed by atoms with Gasteiger partial charge in [0.1, 0.15) is 0 Å². The number of aryl methyl sites for hydroxylation is 1. The number of benzene rings is 1. The van der Waals surface area contributed by atoms with Crippen molar-refractivity contribution in [3.05, 3.63) is 33.9 Å². The highest BCUT2D eigenvalue weighted by Crippen LogP contribution is 2.24. The molecule has 0 heterocycles. The molecule has 1 aromatic rings. The Balaban J connectivity index is 3.08. The van der Waals surface area contributed by atoms with Crippen molar-refractivity contribution in [3.63, 3.8) is 0 Å². The average molecular weight is 264 g/mol. The van der Waals surface area contributed by atoms with Gasteiger partial charge in [-0.2, -0.15) is 0 Å². The van der Waals surface area contributed by atoms with Crippen LogP contribution >= 0.6 is 0 Å². The minimum Gasteiger partial charge on any atom is -0.478 e. The third-order valence-electron chi connectivity index (χ3n) is 2.47. The maximum absolute atomic E-state index is 10.8. The minimum absolute atomic E-state index is 0.0558. The van der Waals surface area contributed by atoms with Gasteiger partial charge in [-0.25, -0.2) is 4.99 Å². The Labute approximate surface area is 113 Å². The molecule has 0 aromatic heterocycles. The second-order valence-corrected chi connectivity index (χ2v) is 5.00. The van der Waals surface area contributed by atoms with Crippen LogP contribution in [-0.2, 0) is 4.74 Å². The third kappa shape index (κ3) is 4.35. The van der Waals surface area contributed by atoms with E-state index in [0.29, 0.717) is 17.1 Å². The standard InChI is InChI=1S/C14H20N2O3/c1-9(2)14(19-10(3)4)15-12-6-7-13(16(17)18)11(5)8-12/h6-10H,1-5H3. The van der Waals surface area contributed by atoms with Crippen LogP contribution in [0.25, 0.3) is 0 Å². The van der Waals surface area contributed by atoms with E-state index in [4.69, 9.17) is 4.74 Å². The molecule has 19 heavy (non-hydrogen) atoms. The van der Waals surface area contributed by atoms with Crippen LogP contribution in [0.4, 0.5) is 11.4 Å². The van der Waals surface area contributed by atoms with Gasteiger partial charge in [-0.1, -0.05) is 13.8 Å². The molecule has 1 aromatic carbocycles. The first-order valence-corrected chi connectivity index (χ1v) is 6.31. The molecule has 0 atom stereocenters. The Bertz CT molecular complexity index is 493. The lowest BCUT2D eigenvalue weighted by molar-refractivity contribution is -0.385. The number of hydrogen-bond donors (Lipinski definition) is 0. The average Bonchev–Trinajstić information content (AvgIpc) is 2.26. The van der Waals surface area contributed by atoms with Crippen molar-refractivity contribution in [2.24, 2.45) is 10.9 Å². The van der Waals surface area contributed by atoms with Crippen molar-refractivity contribution >= 4 is 17.3 Å². The number of nitro benzene ring substituents is 1. The van der Waals surface area contributed by atoms with Crippen molar-refractivity contribution in [1.29, 1.82) is 0 Å². The summed E-state index contributed by atoms with van der Waals surface area (Å²) in [6.07, 6.45) is 0.0558. The Morgan fingerprint density at radius 1 is 1.32 bits per heavy atom. The molecule has 0 amide bonds. The van der Waals surface area contributed by atoms with Gasteiger partial charge in [0.25, 0.3) is 5.69 Å². The van der Waals surface area contributed by atoms with E-state index < -0.39 is 4.92 Å². The molecular formula is C14H20N2O3. The molecule has 0 saturated carbocycles. The smallest absolute Gasteiger partial charge is 0.272 e. The van der Waals surface area contributed by atoms with Gasteiger partial charge in [-0.3, -0.25) is 10.1 Å². The van der Waals surface area contributed by atoms with Gasteiger partial charge in [0.05, 0.1) is 16.7 Å². The highest BCUT2D eigenvalue weighted by Gasteiger charge is 2.12. The van der Waals surface area contributed by atoms with Crippen molar-refractivity contribution in [1.82, 2.24) is 0 Å².